The molecule has 1 unspecified atom stereocenters. The zero-order valence-electron chi connectivity index (χ0n) is 8.67. The van der Waals surface area contributed by atoms with Gasteiger partial charge in [0, 0.05) is 6.54 Å². The normalized spacial score (nSPS) is 13.9. The Balaban J connectivity index is 4.40. The molecule has 4 N–H and O–H groups in total. The minimum atomic E-state index is -0.308. The van der Waals surface area contributed by atoms with Gasteiger partial charge in [-0.25, -0.2) is 0 Å². The largest absolute Gasteiger partial charge is 0.466 e. The van der Waals surface area contributed by atoms with Crippen LogP contribution in [-0.4, -0.2) is 25.7 Å². The van der Waals surface area contributed by atoms with Crippen molar-refractivity contribution in [2.45, 2.75) is 20.8 Å². The molecule has 0 amide bonds. The number of esters is 1. The Bertz CT molecular complexity index is 169. The molecule has 0 aromatic heterocycles. The van der Waals surface area contributed by atoms with Gasteiger partial charge in [0.1, 0.15) is 0 Å². The summed E-state index contributed by atoms with van der Waals surface area (Å²) in [5.74, 6) is -0.557. The van der Waals surface area contributed by atoms with Gasteiger partial charge in [0.25, 0.3) is 0 Å². The van der Waals surface area contributed by atoms with Crippen molar-refractivity contribution in [3.8, 4) is 0 Å². The molecule has 4 heteroatoms. The van der Waals surface area contributed by atoms with Crippen molar-refractivity contribution in [1.29, 1.82) is 0 Å². The van der Waals surface area contributed by atoms with Crippen LogP contribution >= 0.6 is 0 Å². The SMILES string of the molecule is CCOC(=O)C(CN)C(C)(C)CN. The molecule has 0 radical (unpaired) electrons. The van der Waals surface area contributed by atoms with E-state index in [-0.39, 0.29) is 23.8 Å². The summed E-state index contributed by atoms with van der Waals surface area (Å²) in [7, 11) is 0. The predicted octanol–water partition coefficient (Wildman–Crippen LogP) is 0.109. The predicted molar refractivity (Wildman–Crippen MR) is 52.0 cm³/mol. The van der Waals surface area contributed by atoms with Crippen LogP contribution in [0, 0.1) is 11.3 Å². The number of carbonyl (C=O) groups is 1. The van der Waals surface area contributed by atoms with Gasteiger partial charge in [-0.05, 0) is 18.9 Å². The van der Waals surface area contributed by atoms with E-state index >= 15 is 0 Å². The van der Waals surface area contributed by atoms with Gasteiger partial charge in [-0.15, -0.1) is 0 Å². The second-order valence-corrected chi connectivity index (χ2v) is 3.73. The molecule has 0 aliphatic heterocycles. The van der Waals surface area contributed by atoms with Gasteiger partial charge in [0.05, 0.1) is 12.5 Å². The Kier molecular flexibility index (Phi) is 4.95. The first kappa shape index (κ1) is 12.4. The molecule has 0 aliphatic carbocycles. The summed E-state index contributed by atoms with van der Waals surface area (Å²) in [6.45, 7) is 6.70. The van der Waals surface area contributed by atoms with E-state index in [9.17, 15) is 4.79 Å². The van der Waals surface area contributed by atoms with Crippen molar-refractivity contribution >= 4 is 5.97 Å². The summed E-state index contributed by atoms with van der Waals surface area (Å²) in [6, 6.07) is 0. The van der Waals surface area contributed by atoms with Gasteiger partial charge < -0.3 is 16.2 Å². The molecular weight excluding hydrogens is 168 g/mol. The fourth-order valence-electron chi connectivity index (χ4n) is 1.12. The minimum absolute atomic E-state index is 0.250. The molecule has 4 nitrogen and oxygen atoms in total. The van der Waals surface area contributed by atoms with E-state index in [1.807, 2.05) is 13.8 Å². The molecular formula is C9H20N2O2. The van der Waals surface area contributed by atoms with E-state index in [0.717, 1.165) is 0 Å². The molecule has 0 rings (SSSR count). The number of ether oxygens (including phenoxy) is 1. The Morgan fingerprint density at radius 3 is 2.31 bits per heavy atom. The maximum absolute atomic E-state index is 11.4. The van der Waals surface area contributed by atoms with E-state index in [1.165, 1.54) is 0 Å². The Labute approximate surface area is 79.6 Å². The molecule has 0 aromatic carbocycles. The number of nitrogens with two attached hydrogens (primary N) is 2. The van der Waals surface area contributed by atoms with Crippen LogP contribution in [0.4, 0.5) is 0 Å². The zero-order chi connectivity index (χ0) is 10.5. The van der Waals surface area contributed by atoms with Crippen molar-refractivity contribution in [3.63, 3.8) is 0 Å². The van der Waals surface area contributed by atoms with Crippen molar-refractivity contribution < 1.29 is 9.53 Å². The smallest absolute Gasteiger partial charge is 0.310 e. The molecule has 0 spiro atoms. The summed E-state index contributed by atoms with van der Waals surface area (Å²) in [4.78, 5) is 11.4. The molecule has 0 saturated carbocycles. The molecule has 78 valence electrons. The van der Waals surface area contributed by atoms with E-state index < -0.39 is 0 Å². The lowest BCUT2D eigenvalue weighted by Crippen LogP contribution is -2.42. The maximum Gasteiger partial charge on any atom is 0.310 e. The summed E-state index contributed by atoms with van der Waals surface area (Å²) < 4.78 is 4.91. The first-order valence-corrected chi connectivity index (χ1v) is 4.56. The van der Waals surface area contributed by atoms with Gasteiger partial charge in [-0.2, -0.15) is 0 Å². The van der Waals surface area contributed by atoms with Crippen LogP contribution in [0.2, 0.25) is 0 Å². The second kappa shape index (κ2) is 5.19. The van der Waals surface area contributed by atoms with Crippen molar-refractivity contribution in [3.05, 3.63) is 0 Å². The van der Waals surface area contributed by atoms with Gasteiger partial charge >= 0.3 is 5.97 Å². The number of hydrogen-bond donors (Lipinski definition) is 2. The summed E-state index contributed by atoms with van der Waals surface area (Å²) in [5, 5.41) is 0. The Hall–Kier alpha value is -0.610. The van der Waals surface area contributed by atoms with Crippen LogP contribution in [0.15, 0.2) is 0 Å². The molecule has 1 atom stereocenters. The molecule has 0 bridgehead atoms. The molecule has 13 heavy (non-hydrogen) atoms. The zero-order valence-corrected chi connectivity index (χ0v) is 8.67. The first-order chi connectivity index (χ1) is 5.99. The van der Waals surface area contributed by atoms with E-state index in [1.54, 1.807) is 6.92 Å². The fraction of sp³-hybridized carbons (Fsp3) is 0.889. The van der Waals surface area contributed by atoms with Crippen molar-refractivity contribution in [2.75, 3.05) is 19.7 Å². The second-order valence-electron chi connectivity index (χ2n) is 3.73. The third kappa shape index (κ3) is 3.32. The number of rotatable bonds is 5. The molecule has 0 aliphatic rings. The van der Waals surface area contributed by atoms with E-state index in [4.69, 9.17) is 16.2 Å². The van der Waals surface area contributed by atoms with Gasteiger partial charge in [-0.1, -0.05) is 13.8 Å². The molecule has 0 saturated heterocycles. The Morgan fingerprint density at radius 2 is 2.00 bits per heavy atom. The number of carbonyl (C=O) groups excluding carboxylic acids is 1. The van der Waals surface area contributed by atoms with Crippen molar-refractivity contribution in [1.82, 2.24) is 0 Å². The lowest BCUT2D eigenvalue weighted by Gasteiger charge is -2.30. The van der Waals surface area contributed by atoms with Gasteiger partial charge in [0.15, 0.2) is 0 Å². The average Bonchev–Trinajstić information content (AvgIpc) is 2.05. The third-order valence-corrected chi connectivity index (χ3v) is 2.28. The van der Waals surface area contributed by atoms with Crippen molar-refractivity contribution in [2.24, 2.45) is 22.8 Å². The quantitative estimate of drug-likeness (QED) is 0.600. The number of hydrogen-bond acceptors (Lipinski definition) is 4. The van der Waals surface area contributed by atoms with Crippen LogP contribution < -0.4 is 11.5 Å². The highest BCUT2D eigenvalue weighted by Gasteiger charge is 2.33. The summed E-state index contributed by atoms with van der Waals surface area (Å²) >= 11 is 0. The standard InChI is InChI=1S/C9H20N2O2/c1-4-13-8(12)7(5-10)9(2,3)6-11/h7H,4-6,10-11H2,1-3H3. The van der Waals surface area contributed by atoms with Gasteiger partial charge in [0.2, 0.25) is 0 Å². The van der Waals surface area contributed by atoms with Crippen LogP contribution in [0.25, 0.3) is 0 Å². The summed E-state index contributed by atoms with van der Waals surface area (Å²) in [6.07, 6.45) is 0. The average molecular weight is 188 g/mol. The van der Waals surface area contributed by atoms with Crippen LogP contribution in [0.3, 0.4) is 0 Å². The monoisotopic (exact) mass is 188 g/mol. The van der Waals surface area contributed by atoms with Crippen LogP contribution in [0.5, 0.6) is 0 Å². The highest BCUT2D eigenvalue weighted by atomic mass is 16.5. The molecule has 0 fully saturated rings. The van der Waals surface area contributed by atoms with E-state index in [2.05, 4.69) is 0 Å². The highest BCUT2D eigenvalue weighted by Crippen LogP contribution is 2.25. The summed E-state index contributed by atoms with van der Waals surface area (Å²) in [5.41, 5.74) is 10.8. The molecule has 0 aromatic rings. The minimum Gasteiger partial charge on any atom is -0.466 e. The first-order valence-electron chi connectivity index (χ1n) is 4.56. The fourth-order valence-corrected chi connectivity index (χ4v) is 1.12. The van der Waals surface area contributed by atoms with Crippen LogP contribution in [-0.2, 0) is 9.53 Å². The Morgan fingerprint density at radius 1 is 1.46 bits per heavy atom. The third-order valence-electron chi connectivity index (χ3n) is 2.28. The molecule has 0 heterocycles. The van der Waals surface area contributed by atoms with Crippen LogP contribution in [0.1, 0.15) is 20.8 Å². The lowest BCUT2D eigenvalue weighted by molar-refractivity contribution is -0.151. The highest BCUT2D eigenvalue weighted by molar-refractivity contribution is 5.73. The lowest BCUT2D eigenvalue weighted by atomic mass is 9.79. The topological polar surface area (TPSA) is 78.3 Å². The van der Waals surface area contributed by atoms with E-state index in [0.29, 0.717) is 13.2 Å². The maximum atomic E-state index is 11.4. The van der Waals surface area contributed by atoms with Gasteiger partial charge in [-0.3, -0.25) is 4.79 Å².